The average molecular weight is 179 g/mol. The van der Waals surface area contributed by atoms with Crippen molar-refractivity contribution in [3.05, 3.63) is 36.4 Å². The number of nitrogens with two attached hydrogens (primary N) is 1. The van der Waals surface area contributed by atoms with Gasteiger partial charge < -0.3 is 5.73 Å². The van der Waals surface area contributed by atoms with E-state index in [2.05, 4.69) is 19.2 Å². The molecule has 0 heterocycles. The zero-order valence-corrected chi connectivity index (χ0v) is 7.34. The van der Waals surface area contributed by atoms with Crippen LogP contribution in [-0.2, 0) is 4.79 Å². The maximum atomic E-state index is 10.7. The topological polar surface area (TPSA) is 43.1 Å². The predicted molar refractivity (Wildman–Crippen MR) is 51.9 cm³/mol. The number of rotatable bonds is 2. The minimum absolute atomic E-state index is 0.323. The van der Waals surface area contributed by atoms with E-state index in [0.29, 0.717) is 5.57 Å². The van der Waals surface area contributed by atoms with Gasteiger partial charge in [-0.15, -0.1) is 12.6 Å². The maximum Gasteiger partial charge on any atom is 0.248 e. The van der Waals surface area contributed by atoms with E-state index >= 15 is 0 Å². The minimum atomic E-state index is -0.498. The Morgan fingerprint density at radius 3 is 2.25 bits per heavy atom. The fourth-order valence-corrected chi connectivity index (χ4v) is 0.954. The van der Waals surface area contributed by atoms with Crippen LogP contribution in [0.4, 0.5) is 0 Å². The summed E-state index contributed by atoms with van der Waals surface area (Å²) in [6.07, 6.45) is 0. The summed E-state index contributed by atoms with van der Waals surface area (Å²) in [6, 6.07) is 7.09. The SMILES string of the molecule is C=C(C(N)=O)c1ccc(S)cc1. The highest BCUT2D eigenvalue weighted by Gasteiger charge is 2.03. The Bertz CT molecular complexity index is 316. The molecule has 0 aliphatic rings. The summed E-state index contributed by atoms with van der Waals surface area (Å²) >= 11 is 4.11. The van der Waals surface area contributed by atoms with Gasteiger partial charge >= 0.3 is 0 Å². The molecule has 0 aromatic heterocycles. The first kappa shape index (κ1) is 8.87. The lowest BCUT2D eigenvalue weighted by Gasteiger charge is -2.00. The summed E-state index contributed by atoms with van der Waals surface area (Å²) in [7, 11) is 0. The average Bonchev–Trinajstić information content (AvgIpc) is 2.04. The van der Waals surface area contributed by atoms with Crippen LogP contribution in [-0.4, -0.2) is 5.91 Å². The summed E-state index contributed by atoms with van der Waals surface area (Å²) in [5, 5.41) is 0. The number of amides is 1. The van der Waals surface area contributed by atoms with Gasteiger partial charge in [-0.1, -0.05) is 18.7 Å². The van der Waals surface area contributed by atoms with Gasteiger partial charge in [0.05, 0.1) is 0 Å². The third kappa shape index (κ3) is 1.89. The molecule has 0 fully saturated rings. The van der Waals surface area contributed by atoms with Crippen molar-refractivity contribution in [2.75, 3.05) is 0 Å². The van der Waals surface area contributed by atoms with E-state index in [0.717, 1.165) is 10.5 Å². The van der Waals surface area contributed by atoms with Gasteiger partial charge in [0.15, 0.2) is 0 Å². The number of primary amides is 1. The molecule has 0 radical (unpaired) electrons. The Morgan fingerprint density at radius 1 is 1.33 bits per heavy atom. The van der Waals surface area contributed by atoms with Crippen LogP contribution in [0.2, 0.25) is 0 Å². The number of hydrogen-bond donors (Lipinski definition) is 2. The lowest BCUT2D eigenvalue weighted by molar-refractivity contribution is -0.112. The van der Waals surface area contributed by atoms with Crippen molar-refractivity contribution < 1.29 is 4.79 Å². The van der Waals surface area contributed by atoms with E-state index < -0.39 is 5.91 Å². The molecule has 12 heavy (non-hydrogen) atoms. The molecule has 0 spiro atoms. The first-order valence-corrected chi connectivity index (χ1v) is 3.84. The molecule has 1 aromatic rings. The molecule has 2 N–H and O–H groups in total. The molecule has 0 aliphatic carbocycles. The zero-order valence-electron chi connectivity index (χ0n) is 6.45. The molecule has 0 saturated heterocycles. The second-order valence-electron chi connectivity index (χ2n) is 2.39. The van der Waals surface area contributed by atoms with Crippen LogP contribution >= 0.6 is 12.6 Å². The molecule has 0 aliphatic heterocycles. The Hall–Kier alpha value is -1.22. The van der Waals surface area contributed by atoms with Crippen molar-refractivity contribution in [3.8, 4) is 0 Å². The number of carbonyl (C=O) groups is 1. The van der Waals surface area contributed by atoms with Gasteiger partial charge in [0.2, 0.25) is 5.91 Å². The summed E-state index contributed by atoms with van der Waals surface area (Å²) < 4.78 is 0. The highest BCUT2D eigenvalue weighted by Crippen LogP contribution is 2.14. The van der Waals surface area contributed by atoms with Crippen LogP contribution < -0.4 is 5.73 Å². The standard InChI is InChI=1S/C9H9NOS/c1-6(9(10)11)7-2-4-8(12)5-3-7/h2-5,12H,1H2,(H2,10,11). The Kier molecular flexibility index (Phi) is 2.55. The third-order valence-electron chi connectivity index (χ3n) is 1.51. The van der Waals surface area contributed by atoms with E-state index in [1.165, 1.54) is 0 Å². The highest BCUT2D eigenvalue weighted by atomic mass is 32.1. The highest BCUT2D eigenvalue weighted by molar-refractivity contribution is 7.80. The molecule has 1 aromatic carbocycles. The van der Waals surface area contributed by atoms with Crippen LogP contribution in [0.3, 0.4) is 0 Å². The third-order valence-corrected chi connectivity index (χ3v) is 1.81. The van der Waals surface area contributed by atoms with Gasteiger partial charge in [-0.25, -0.2) is 0 Å². The monoisotopic (exact) mass is 179 g/mol. The Morgan fingerprint density at radius 2 is 1.83 bits per heavy atom. The van der Waals surface area contributed by atoms with Crippen molar-refractivity contribution in [2.45, 2.75) is 4.90 Å². The van der Waals surface area contributed by atoms with Gasteiger partial charge in [0.1, 0.15) is 0 Å². The van der Waals surface area contributed by atoms with E-state index in [9.17, 15) is 4.79 Å². The number of thiol groups is 1. The van der Waals surface area contributed by atoms with E-state index in [1.54, 1.807) is 24.3 Å². The summed E-state index contributed by atoms with van der Waals surface area (Å²) in [5.74, 6) is -0.498. The quantitative estimate of drug-likeness (QED) is 0.524. The van der Waals surface area contributed by atoms with Gasteiger partial charge in [-0.3, -0.25) is 4.79 Å². The first-order chi connectivity index (χ1) is 5.61. The molecule has 0 unspecified atom stereocenters. The van der Waals surface area contributed by atoms with Crippen LogP contribution in [0.15, 0.2) is 35.7 Å². The smallest absolute Gasteiger partial charge is 0.248 e. The number of benzene rings is 1. The van der Waals surface area contributed by atoms with Gasteiger partial charge in [-0.05, 0) is 17.7 Å². The Labute approximate surface area is 76.5 Å². The fraction of sp³-hybridized carbons (Fsp3) is 0. The lowest BCUT2D eigenvalue weighted by Crippen LogP contribution is -2.11. The molecule has 0 bridgehead atoms. The van der Waals surface area contributed by atoms with Crippen LogP contribution in [0, 0.1) is 0 Å². The lowest BCUT2D eigenvalue weighted by atomic mass is 10.1. The van der Waals surface area contributed by atoms with Crippen LogP contribution in [0.5, 0.6) is 0 Å². The molecule has 0 saturated carbocycles. The minimum Gasteiger partial charge on any atom is -0.366 e. The maximum absolute atomic E-state index is 10.7. The second kappa shape index (κ2) is 3.45. The van der Waals surface area contributed by atoms with Gasteiger partial charge in [0, 0.05) is 10.5 Å². The van der Waals surface area contributed by atoms with Crippen LogP contribution in [0.1, 0.15) is 5.56 Å². The van der Waals surface area contributed by atoms with Crippen molar-refractivity contribution in [3.63, 3.8) is 0 Å². The molecular formula is C9H9NOS. The molecule has 3 heteroatoms. The van der Waals surface area contributed by atoms with E-state index in [-0.39, 0.29) is 0 Å². The summed E-state index contributed by atoms with van der Waals surface area (Å²) in [5.41, 5.74) is 6.11. The zero-order chi connectivity index (χ0) is 9.14. The van der Waals surface area contributed by atoms with Crippen molar-refractivity contribution in [1.29, 1.82) is 0 Å². The normalized spacial score (nSPS) is 9.42. The molecule has 1 amide bonds. The molecule has 2 nitrogen and oxygen atoms in total. The van der Waals surface area contributed by atoms with E-state index in [1.807, 2.05) is 0 Å². The van der Waals surface area contributed by atoms with Gasteiger partial charge in [0.25, 0.3) is 0 Å². The summed E-state index contributed by atoms with van der Waals surface area (Å²) in [4.78, 5) is 11.5. The first-order valence-electron chi connectivity index (χ1n) is 3.39. The predicted octanol–water partition coefficient (Wildman–Crippen LogP) is 1.47. The molecule has 1 rings (SSSR count). The second-order valence-corrected chi connectivity index (χ2v) is 2.91. The summed E-state index contributed by atoms with van der Waals surface area (Å²) in [6.45, 7) is 3.55. The van der Waals surface area contributed by atoms with Crippen molar-refractivity contribution in [2.24, 2.45) is 5.73 Å². The fourth-order valence-electron chi connectivity index (χ4n) is 0.805. The Balaban J connectivity index is 2.98. The van der Waals surface area contributed by atoms with Gasteiger partial charge in [-0.2, -0.15) is 0 Å². The van der Waals surface area contributed by atoms with Crippen molar-refractivity contribution in [1.82, 2.24) is 0 Å². The van der Waals surface area contributed by atoms with Crippen LogP contribution in [0.25, 0.3) is 5.57 Å². The molecular weight excluding hydrogens is 170 g/mol. The number of carbonyl (C=O) groups excluding carboxylic acids is 1. The number of hydrogen-bond acceptors (Lipinski definition) is 2. The van der Waals surface area contributed by atoms with Crippen molar-refractivity contribution >= 4 is 24.1 Å². The largest absolute Gasteiger partial charge is 0.366 e. The molecule has 62 valence electrons. The molecule has 0 atom stereocenters. The van der Waals surface area contributed by atoms with E-state index in [4.69, 9.17) is 5.73 Å².